The Bertz CT molecular complexity index is 679. The maximum atomic E-state index is 13.0. The van der Waals surface area contributed by atoms with Gasteiger partial charge >= 0.3 is 0 Å². The van der Waals surface area contributed by atoms with Crippen molar-refractivity contribution >= 4 is 30.1 Å². The molecule has 1 fully saturated rings. The Labute approximate surface area is 159 Å². The largest absolute Gasteiger partial charge is 0.329 e. The second kappa shape index (κ2) is 9.22. The van der Waals surface area contributed by atoms with Gasteiger partial charge in [-0.3, -0.25) is 9.78 Å². The van der Waals surface area contributed by atoms with E-state index in [1.165, 1.54) is 4.90 Å². The topological polar surface area (TPSA) is 45.2 Å². The summed E-state index contributed by atoms with van der Waals surface area (Å²) < 4.78 is 0. The highest BCUT2D eigenvalue weighted by molar-refractivity contribution is 7.99. The van der Waals surface area contributed by atoms with Crippen LogP contribution >= 0.6 is 24.2 Å². The summed E-state index contributed by atoms with van der Waals surface area (Å²) >= 11 is 1.81. The quantitative estimate of drug-likeness (QED) is 0.823. The predicted octanol–water partition coefficient (Wildman–Crippen LogP) is 3.79. The summed E-state index contributed by atoms with van der Waals surface area (Å²) in [4.78, 5) is 20.3. The van der Waals surface area contributed by atoms with E-state index in [1.807, 2.05) is 59.3 Å². The van der Waals surface area contributed by atoms with Crippen molar-refractivity contribution in [2.45, 2.75) is 30.0 Å². The van der Waals surface area contributed by atoms with Crippen LogP contribution in [0.5, 0.6) is 0 Å². The minimum atomic E-state index is 0. The number of benzene rings is 1. The van der Waals surface area contributed by atoms with Gasteiger partial charge in [-0.15, -0.1) is 24.2 Å². The van der Waals surface area contributed by atoms with Crippen LogP contribution in [0.4, 0.5) is 0 Å². The average molecular weight is 378 g/mol. The highest BCUT2D eigenvalue weighted by Gasteiger charge is 2.28. The summed E-state index contributed by atoms with van der Waals surface area (Å²) in [5.74, 6) is 0.0893. The molecule has 3 rings (SSSR count). The lowest BCUT2D eigenvalue weighted by atomic mass is 10.0. The molecule has 6 heteroatoms. The summed E-state index contributed by atoms with van der Waals surface area (Å²) in [5.41, 5.74) is 1.82. The van der Waals surface area contributed by atoms with Gasteiger partial charge in [-0.1, -0.05) is 19.9 Å². The summed E-state index contributed by atoms with van der Waals surface area (Å²) in [6, 6.07) is 11.9. The van der Waals surface area contributed by atoms with E-state index in [0.29, 0.717) is 11.8 Å². The summed E-state index contributed by atoms with van der Waals surface area (Å²) in [6.07, 6.45) is 3.61. The third-order valence-electron chi connectivity index (χ3n) is 4.05. The molecule has 1 atom stereocenters. The molecule has 0 saturated carbocycles. The third-order valence-corrected chi connectivity index (χ3v) is 5.06. The van der Waals surface area contributed by atoms with Gasteiger partial charge in [-0.2, -0.15) is 0 Å². The molecular weight excluding hydrogens is 354 g/mol. The van der Waals surface area contributed by atoms with Crippen LogP contribution in [0.1, 0.15) is 35.8 Å². The van der Waals surface area contributed by atoms with E-state index in [0.717, 1.165) is 24.2 Å². The zero-order valence-electron chi connectivity index (χ0n) is 14.5. The Hall–Kier alpha value is -1.56. The van der Waals surface area contributed by atoms with Crippen molar-refractivity contribution in [3.8, 4) is 0 Å². The van der Waals surface area contributed by atoms with E-state index in [2.05, 4.69) is 24.1 Å². The van der Waals surface area contributed by atoms with E-state index in [-0.39, 0.29) is 24.4 Å². The number of pyridine rings is 1. The molecule has 0 aliphatic carbocycles. The van der Waals surface area contributed by atoms with Gasteiger partial charge in [0.05, 0.1) is 6.04 Å². The molecule has 1 N–H and O–H groups in total. The summed E-state index contributed by atoms with van der Waals surface area (Å²) in [6.45, 7) is 6.63. The first-order valence-corrected chi connectivity index (χ1v) is 9.21. The molecule has 1 aromatic heterocycles. The average Bonchev–Trinajstić information content (AvgIpc) is 2.62. The number of nitrogens with zero attached hydrogens (tertiary/aromatic N) is 2. The zero-order chi connectivity index (χ0) is 16.9. The molecule has 25 heavy (non-hydrogen) atoms. The van der Waals surface area contributed by atoms with Gasteiger partial charge in [-0.05, 0) is 35.9 Å². The number of rotatable bonds is 4. The lowest BCUT2D eigenvalue weighted by Crippen LogP contribution is -2.48. The first-order chi connectivity index (χ1) is 11.6. The van der Waals surface area contributed by atoms with Crippen molar-refractivity contribution in [2.24, 2.45) is 0 Å². The Morgan fingerprint density at radius 1 is 1.28 bits per heavy atom. The molecule has 0 bridgehead atoms. The number of nitrogens with one attached hydrogen (secondary N) is 1. The molecular formula is C19H24ClN3OS. The van der Waals surface area contributed by atoms with Gasteiger partial charge in [0, 0.05) is 47.7 Å². The molecule has 4 nitrogen and oxygen atoms in total. The number of piperazine rings is 1. The fraction of sp³-hybridized carbons (Fsp3) is 0.368. The summed E-state index contributed by atoms with van der Waals surface area (Å²) in [5, 5.41) is 3.91. The first-order valence-electron chi connectivity index (χ1n) is 8.33. The number of carbonyl (C=O) groups excluding carboxylic acids is 1. The molecule has 134 valence electrons. The highest BCUT2D eigenvalue weighted by atomic mass is 35.5. The number of aromatic nitrogens is 1. The molecule has 0 spiro atoms. The number of thioether (sulfide) groups is 1. The van der Waals surface area contributed by atoms with Crippen LogP contribution in [-0.4, -0.2) is 40.7 Å². The molecule has 2 aromatic rings. The predicted molar refractivity (Wildman–Crippen MR) is 106 cm³/mol. The monoisotopic (exact) mass is 377 g/mol. The number of hydrogen-bond donors (Lipinski definition) is 1. The standard InChI is InChI=1S/C19H23N3OS.ClH/c1-14(2)24-17-7-5-15(6-8-17)19(23)22-11-10-21-13-18(22)16-4-3-9-20-12-16;/h3-9,12,14,18,21H,10-11,13H2,1-2H3;1H. The van der Waals surface area contributed by atoms with Crippen LogP contribution in [0.3, 0.4) is 0 Å². The molecule has 1 aliphatic heterocycles. The minimum absolute atomic E-state index is 0. The van der Waals surface area contributed by atoms with Crippen molar-refractivity contribution in [3.05, 3.63) is 59.9 Å². The van der Waals surface area contributed by atoms with Gasteiger partial charge in [0.2, 0.25) is 0 Å². The van der Waals surface area contributed by atoms with Crippen molar-refractivity contribution in [2.75, 3.05) is 19.6 Å². The van der Waals surface area contributed by atoms with E-state index in [4.69, 9.17) is 0 Å². The Morgan fingerprint density at radius 2 is 2.04 bits per heavy atom. The number of halogens is 1. The number of amides is 1. The molecule has 1 aliphatic rings. The first kappa shape index (κ1) is 19.8. The van der Waals surface area contributed by atoms with Gasteiger partial charge in [0.25, 0.3) is 5.91 Å². The van der Waals surface area contributed by atoms with E-state index >= 15 is 0 Å². The molecule has 0 radical (unpaired) electrons. The maximum absolute atomic E-state index is 13.0. The van der Waals surface area contributed by atoms with E-state index in [1.54, 1.807) is 6.20 Å². The van der Waals surface area contributed by atoms with E-state index < -0.39 is 0 Å². The van der Waals surface area contributed by atoms with E-state index in [9.17, 15) is 4.79 Å². The Morgan fingerprint density at radius 3 is 2.68 bits per heavy atom. The molecule has 1 aromatic carbocycles. The number of hydrogen-bond acceptors (Lipinski definition) is 4. The Kier molecular flexibility index (Phi) is 7.29. The smallest absolute Gasteiger partial charge is 0.254 e. The normalized spacial score (nSPS) is 17.2. The van der Waals surface area contributed by atoms with Crippen LogP contribution in [-0.2, 0) is 0 Å². The van der Waals surface area contributed by atoms with Crippen LogP contribution in [0.25, 0.3) is 0 Å². The fourth-order valence-electron chi connectivity index (χ4n) is 2.93. The van der Waals surface area contributed by atoms with Crippen molar-refractivity contribution in [1.82, 2.24) is 15.2 Å². The highest BCUT2D eigenvalue weighted by Crippen LogP contribution is 2.26. The van der Waals surface area contributed by atoms with Crippen LogP contribution in [0.15, 0.2) is 53.7 Å². The van der Waals surface area contributed by atoms with Gasteiger partial charge < -0.3 is 10.2 Å². The molecule has 1 amide bonds. The van der Waals surface area contributed by atoms with Crippen molar-refractivity contribution in [3.63, 3.8) is 0 Å². The van der Waals surface area contributed by atoms with Crippen molar-refractivity contribution < 1.29 is 4.79 Å². The lowest BCUT2D eigenvalue weighted by molar-refractivity contribution is 0.0634. The molecule has 1 unspecified atom stereocenters. The number of carbonyl (C=O) groups is 1. The third kappa shape index (κ3) is 4.97. The second-order valence-electron chi connectivity index (χ2n) is 6.20. The fourth-order valence-corrected chi connectivity index (χ4v) is 3.77. The second-order valence-corrected chi connectivity index (χ2v) is 7.85. The maximum Gasteiger partial charge on any atom is 0.254 e. The Balaban J connectivity index is 0.00000225. The zero-order valence-corrected chi connectivity index (χ0v) is 16.1. The van der Waals surface area contributed by atoms with Crippen molar-refractivity contribution in [1.29, 1.82) is 0 Å². The lowest BCUT2D eigenvalue weighted by Gasteiger charge is -2.36. The molecule has 1 saturated heterocycles. The van der Waals surface area contributed by atoms with Gasteiger partial charge in [0.15, 0.2) is 0 Å². The SMILES string of the molecule is CC(C)Sc1ccc(C(=O)N2CCNCC2c2cccnc2)cc1.Cl. The summed E-state index contributed by atoms with van der Waals surface area (Å²) in [7, 11) is 0. The van der Waals surface area contributed by atoms with Gasteiger partial charge in [0.1, 0.15) is 0 Å². The van der Waals surface area contributed by atoms with Crippen LogP contribution in [0.2, 0.25) is 0 Å². The molecule has 2 heterocycles. The minimum Gasteiger partial charge on any atom is -0.329 e. The van der Waals surface area contributed by atoms with Crippen LogP contribution < -0.4 is 5.32 Å². The van der Waals surface area contributed by atoms with Crippen LogP contribution in [0, 0.1) is 0 Å². The van der Waals surface area contributed by atoms with Gasteiger partial charge in [-0.25, -0.2) is 0 Å².